The second-order valence-corrected chi connectivity index (χ2v) is 7.13. The molecule has 1 amide bonds. The molecule has 1 heterocycles. The molecule has 120 valence electrons. The fourth-order valence-electron chi connectivity index (χ4n) is 3.45. The standard InChI is InChI=1S/C17H24N2O3/c1-16(2,3)22-15(20)19-8-9-21-11-17(19)7-6-12-10-13(18)4-5-14(12)17/h4-5,10H,6-9,11,18H2,1-3H3/t17-/m1/s1. The molecule has 0 saturated carbocycles. The fraction of sp³-hybridized carbons (Fsp3) is 0.588. The van der Waals surface area contributed by atoms with E-state index < -0.39 is 11.1 Å². The van der Waals surface area contributed by atoms with Gasteiger partial charge >= 0.3 is 6.09 Å². The average molecular weight is 304 g/mol. The van der Waals surface area contributed by atoms with Gasteiger partial charge in [-0.1, -0.05) is 6.07 Å². The second-order valence-electron chi connectivity index (χ2n) is 7.13. The first kappa shape index (κ1) is 15.2. The molecule has 1 atom stereocenters. The van der Waals surface area contributed by atoms with Crippen molar-refractivity contribution in [3.05, 3.63) is 29.3 Å². The average Bonchev–Trinajstić information content (AvgIpc) is 2.76. The Hall–Kier alpha value is -1.75. The Balaban J connectivity index is 1.96. The van der Waals surface area contributed by atoms with Gasteiger partial charge in [0.25, 0.3) is 0 Å². The normalized spacial score (nSPS) is 24.4. The zero-order valence-electron chi connectivity index (χ0n) is 13.5. The Morgan fingerprint density at radius 1 is 1.41 bits per heavy atom. The number of nitrogens with two attached hydrogens (primary N) is 1. The van der Waals surface area contributed by atoms with Crippen molar-refractivity contribution in [1.82, 2.24) is 4.90 Å². The molecule has 0 radical (unpaired) electrons. The third-order valence-corrected chi connectivity index (χ3v) is 4.37. The maximum atomic E-state index is 12.7. The maximum absolute atomic E-state index is 12.7. The van der Waals surface area contributed by atoms with Crippen LogP contribution in [-0.4, -0.2) is 36.4 Å². The van der Waals surface area contributed by atoms with Crippen LogP contribution in [0.3, 0.4) is 0 Å². The van der Waals surface area contributed by atoms with Crippen molar-refractivity contribution < 1.29 is 14.3 Å². The summed E-state index contributed by atoms with van der Waals surface area (Å²) in [6, 6.07) is 5.93. The summed E-state index contributed by atoms with van der Waals surface area (Å²) in [5, 5.41) is 0. The van der Waals surface area contributed by atoms with Gasteiger partial charge in [0.05, 0.1) is 18.8 Å². The minimum absolute atomic E-state index is 0.263. The number of rotatable bonds is 0. The van der Waals surface area contributed by atoms with E-state index in [9.17, 15) is 4.79 Å². The van der Waals surface area contributed by atoms with Crippen molar-refractivity contribution in [1.29, 1.82) is 0 Å². The number of ether oxygens (including phenoxy) is 2. The van der Waals surface area contributed by atoms with Crippen molar-refractivity contribution in [2.45, 2.75) is 44.8 Å². The van der Waals surface area contributed by atoms with Crippen LogP contribution in [-0.2, 0) is 21.4 Å². The number of morpholine rings is 1. The molecular formula is C17H24N2O3. The van der Waals surface area contributed by atoms with Crippen LogP contribution < -0.4 is 5.73 Å². The summed E-state index contributed by atoms with van der Waals surface area (Å²) in [5.74, 6) is 0. The minimum Gasteiger partial charge on any atom is -0.444 e. The van der Waals surface area contributed by atoms with Gasteiger partial charge in [-0.3, -0.25) is 4.90 Å². The third-order valence-electron chi connectivity index (χ3n) is 4.37. The highest BCUT2D eigenvalue weighted by atomic mass is 16.6. The topological polar surface area (TPSA) is 64.8 Å². The number of nitrogen functional groups attached to an aromatic ring is 1. The van der Waals surface area contributed by atoms with E-state index in [-0.39, 0.29) is 6.09 Å². The molecular weight excluding hydrogens is 280 g/mol. The van der Waals surface area contributed by atoms with Crippen LogP contribution >= 0.6 is 0 Å². The van der Waals surface area contributed by atoms with Crippen molar-refractivity contribution in [3.63, 3.8) is 0 Å². The highest BCUT2D eigenvalue weighted by molar-refractivity contribution is 5.70. The number of aryl methyl sites for hydroxylation is 1. The van der Waals surface area contributed by atoms with Crippen LogP contribution in [0.15, 0.2) is 18.2 Å². The first-order chi connectivity index (χ1) is 10.3. The van der Waals surface area contributed by atoms with Crippen LogP contribution in [0.2, 0.25) is 0 Å². The van der Waals surface area contributed by atoms with Gasteiger partial charge in [-0.2, -0.15) is 0 Å². The van der Waals surface area contributed by atoms with Crippen LogP contribution in [0.25, 0.3) is 0 Å². The lowest BCUT2D eigenvalue weighted by molar-refractivity contribution is -0.0778. The fourth-order valence-corrected chi connectivity index (χ4v) is 3.45. The summed E-state index contributed by atoms with van der Waals surface area (Å²) in [6.45, 7) is 7.29. The number of carbonyl (C=O) groups is 1. The van der Waals surface area contributed by atoms with E-state index in [2.05, 4.69) is 0 Å². The second kappa shape index (κ2) is 5.16. The Morgan fingerprint density at radius 2 is 2.18 bits per heavy atom. The zero-order valence-corrected chi connectivity index (χ0v) is 13.5. The lowest BCUT2D eigenvalue weighted by Crippen LogP contribution is -2.56. The van der Waals surface area contributed by atoms with E-state index in [4.69, 9.17) is 15.2 Å². The van der Waals surface area contributed by atoms with E-state index in [1.807, 2.05) is 43.9 Å². The van der Waals surface area contributed by atoms with Crippen molar-refractivity contribution in [2.75, 3.05) is 25.5 Å². The predicted octanol–water partition coefficient (Wildman–Crippen LogP) is 2.68. The first-order valence-corrected chi connectivity index (χ1v) is 7.79. The molecule has 5 heteroatoms. The van der Waals surface area contributed by atoms with Gasteiger partial charge in [-0.05, 0) is 56.9 Å². The predicted molar refractivity (Wildman–Crippen MR) is 84.6 cm³/mol. The van der Waals surface area contributed by atoms with Crippen LogP contribution in [0, 0.1) is 0 Å². The van der Waals surface area contributed by atoms with Gasteiger partial charge in [0.2, 0.25) is 0 Å². The van der Waals surface area contributed by atoms with Crippen LogP contribution in [0.4, 0.5) is 10.5 Å². The summed E-state index contributed by atoms with van der Waals surface area (Å²) in [4.78, 5) is 14.5. The molecule has 1 spiro atoms. The molecule has 1 fully saturated rings. The summed E-state index contributed by atoms with van der Waals surface area (Å²) in [6.07, 6.45) is 1.49. The number of amides is 1. The van der Waals surface area contributed by atoms with Gasteiger partial charge in [0.1, 0.15) is 5.60 Å². The lowest BCUT2D eigenvalue weighted by atomic mass is 9.89. The van der Waals surface area contributed by atoms with Gasteiger partial charge in [-0.15, -0.1) is 0 Å². The molecule has 22 heavy (non-hydrogen) atoms. The van der Waals surface area contributed by atoms with Crippen molar-refractivity contribution >= 4 is 11.8 Å². The Kier molecular flexibility index (Phi) is 3.56. The van der Waals surface area contributed by atoms with Crippen molar-refractivity contribution in [3.8, 4) is 0 Å². The summed E-state index contributed by atoms with van der Waals surface area (Å²) < 4.78 is 11.3. The SMILES string of the molecule is CC(C)(C)OC(=O)N1CCOC[C@@]12CCc1cc(N)ccc12. The first-order valence-electron chi connectivity index (χ1n) is 7.79. The molecule has 1 saturated heterocycles. The zero-order chi connectivity index (χ0) is 16.0. The summed E-state index contributed by atoms with van der Waals surface area (Å²) >= 11 is 0. The molecule has 0 unspecified atom stereocenters. The molecule has 1 aliphatic carbocycles. The number of hydrogen-bond acceptors (Lipinski definition) is 4. The molecule has 2 N–H and O–H groups in total. The number of benzene rings is 1. The molecule has 1 aliphatic heterocycles. The van der Waals surface area contributed by atoms with E-state index in [1.54, 1.807) is 0 Å². The lowest BCUT2D eigenvalue weighted by Gasteiger charge is -2.45. The van der Waals surface area contributed by atoms with E-state index >= 15 is 0 Å². The van der Waals surface area contributed by atoms with Crippen LogP contribution in [0.1, 0.15) is 38.3 Å². The number of hydrogen-bond donors (Lipinski definition) is 1. The van der Waals surface area contributed by atoms with E-state index in [0.29, 0.717) is 19.8 Å². The number of nitrogens with zero attached hydrogens (tertiary/aromatic N) is 1. The smallest absolute Gasteiger partial charge is 0.411 e. The Labute approximate surface area is 131 Å². The Morgan fingerprint density at radius 3 is 2.91 bits per heavy atom. The highest BCUT2D eigenvalue weighted by Crippen LogP contribution is 2.44. The van der Waals surface area contributed by atoms with Gasteiger partial charge in [0, 0.05) is 12.2 Å². The van der Waals surface area contributed by atoms with E-state index in [1.165, 1.54) is 5.56 Å². The molecule has 3 rings (SSSR count). The molecule has 5 nitrogen and oxygen atoms in total. The Bertz CT molecular complexity index is 594. The largest absolute Gasteiger partial charge is 0.444 e. The number of anilines is 1. The van der Waals surface area contributed by atoms with Gasteiger partial charge in [0.15, 0.2) is 0 Å². The number of fused-ring (bicyclic) bond motifs is 2. The monoisotopic (exact) mass is 304 g/mol. The maximum Gasteiger partial charge on any atom is 0.411 e. The summed E-state index contributed by atoms with van der Waals surface area (Å²) in [5.41, 5.74) is 8.09. The van der Waals surface area contributed by atoms with Crippen LogP contribution in [0.5, 0.6) is 0 Å². The summed E-state index contributed by atoms with van der Waals surface area (Å²) in [7, 11) is 0. The highest BCUT2D eigenvalue weighted by Gasteiger charge is 2.49. The van der Waals surface area contributed by atoms with Gasteiger partial charge < -0.3 is 15.2 Å². The molecule has 1 aromatic carbocycles. The molecule has 2 aliphatic rings. The third kappa shape index (κ3) is 2.54. The minimum atomic E-state index is -0.501. The molecule has 1 aromatic rings. The molecule has 0 bridgehead atoms. The quantitative estimate of drug-likeness (QED) is 0.748. The van der Waals surface area contributed by atoms with E-state index in [0.717, 1.165) is 24.1 Å². The molecule has 0 aromatic heterocycles. The van der Waals surface area contributed by atoms with Gasteiger partial charge in [-0.25, -0.2) is 4.79 Å². The van der Waals surface area contributed by atoms with Crippen molar-refractivity contribution in [2.24, 2.45) is 0 Å². The number of carbonyl (C=O) groups excluding carboxylic acids is 1.